The molecule has 0 aromatic heterocycles. The van der Waals surface area contributed by atoms with Gasteiger partial charge in [0, 0.05) is 0 Å². The monoisotopic (exact) mass is 158 g/mol. The van der Waals surface area contributed by atoms with Crippen LogP contribution in [0.1, 0.15) is 13.3 Å². The molecule has 10 heavy (non-hydrogen) atoms. The Morgan fingerprint density at radius 3 is 2.10 bits per heavy atom. The van der Waals surface area contributed by atoms with Crippen LogP contribution < -0.4 is 0 Å². The molecular weight excluding hydrogens is 140 g/mol. The number of hydrogen-bond acceptors (Lipinski definition) is 1. The van der Waals surface area contributed by atoms with Crippen LogP contribution in [0.5, 0.6) is 0 Å². The first-order chi connectivity index (χ1) is 4.49. The van der Waals surface area contributed by atoms with Gasteiger partial charge in [-0.2, -0.15) is 0 Å². The van der Waals surface area contributed by atoms with E-state index in [2.05, 4.69) is 33.1 Å². The molecule has 0 saturated carbocycles. The molecule has 1 nitrogen and oxygen atoms in total. The maximum absolute atomic E-state index is 5.76. The third kappa shape index (κ3) is 4.76. The predicted molar refractivity (Wildman–Crippen MR) is 48.7 cm³/mol. The molecule has 0 saturated heterocycles. The first kappa shape index (κ1) is 9.92. The minimum atomic E-state index is -1.33. The van der Waals surface area contributed by atoms with Crippen molar-refractivity contribution in [1.29, 1.82) is 0 Å². The summed E-state index contributed by atoms with van der Waals surface area (Å²) in [4.78, 5) is 0. The second-order valence-electron chi connectivity index (χ2n) is 3.41. The molecular formula is C8H18OSi. The van der Waals surface area contributed by atoms with Crippen LogP contribution >= 0.6 is 0 Å². The second-order valence-corrected chi connectivity index (χ2v) is 7.87. The molecule has 0 N–H and O–H groups in total. The standard InChI is InChI=1S/C8H18OSi/c1-6-8(7-2)9-10(3,4)5/h6,8H,1,7H2,2-5H3. The van der Waals surface area contributed by atoms with Gasteiger partial charge in [-0.25, -0.2) is 0 Å². The van der Waals surface area contributed by atoms with E-state index in [1.807, 2.05) is 6.08 Å². The van der Waals surface area contributed by atoms with Gasteiger partial charge >= 0.3 is 0 Å². The molecule has 2 heteroatoms. The van der Waals surface area contributed by atoms with Gasteiger partial charge in [-0.05, 0) is 26.1 Å². The van der Waals surface area contributed by atoms with Crippen LogP contribution in [-0.4, -0.2) is 14.4 Å². The third-order valence-electron chi connectivity index (χ3n) is 1.17. The summed E-state index contributed by atoms with van der Waals surface area (Å²) in [5.41, 5.74) is 0. The van der Waals surface area contributed by atoms with E-state index in [4.69, 9.17) is 4.43 Å². The van der Waals surface area contributed by atoms with Crippen LogP contribution in [0.4, 0.5) is 0 Å². The summed E-state index contributed by atoms with van der Waals surface area (Å²) in [6.07, 6.45) is 3.19. The van der Waals surface area contributed by atoms with Gasteiger partial charge in [0.25, 0.3) is 0 Å². The highest BCUT2D eigenvalue weighted by Crippen LogP contribution is 2.09. The summed E-state index contributed by atoms with van der Waals surface area (Å²) in [6.45, 7) is 12.4. The van der Waals surface area contributed by atoms with Gasteiger partial charge in [0.05, 0.1) is 6.10 Å². The number of hydrogen-bond donors (Lipinski definition) is 0. The van der Waals surface area contributed by atoms with E-state index in [1.54, 1.807) is 0 Å². The highest BCUT2D eigenvalue weighted by Gasteiger charge is 2.17. The van der Waals surface area contributed by atoms with E-state index < -0.39 is 8.32 Å². The van der Waals surface area contributed by atoms with Crippen molar-refractivity contribution < 1.29 is 4.43 Å². The van der Waals surface area contributed by atoms with E-state index in [0.717, 1.165) is 6.42 Å². The quantitative estimate of drug-likeness (QED) is 0.451. The average Bonchev–Trinajstić information content (AvgIpc) is 1.81. The first-order valence-corrected chi connectivity index (χ1v) is 7.21. The van der Waals surface area contributed by atoms with Crippen LogP contribution in [0.3, 0.4) is 0 Å². The summed E-state index contributed by atoms with van der Waals surface area (Å²) < 4.78 is 5.76. The molecule has 0 rings (SSSR count). The van der Waals surface area contributed by atoms with Crippen LogP contribution in [0.15, 0.2) is 12.7 Å². The van der Waals surface area contributed by atoms with Crippen molar-refractivity contribution in [2.45, 2.75) is 39.1 Å². The Hall–Kier alpha value is -0.0831. The molecule has 60 valence electrons. The van der Waals surface area contributed by atoms with Crippen molar-refractivity contribution in [3.05, 3.63) is 12.7 Å². The Kier molecular flexibility index (Phi) is 3.90. The van der Waals surface area contributed by atoms with Crippen LogP contribution in [0, 0.1) is 0 Å². The van der Waals surface area contributed by atoms with Crippen molar-refractivity contribution in [2.24, 2.45) is 0 Å². The normalized spacial score (nSPS) is 14.8. The maximum atomic E-state index is 5.76. The lowest BCUT2D eigenvalue weighted by atomic mass is 10.3. The smallest absolute Gasteiger partial charge is 0.184 e. The maximum Gasteiger partial charge on any atom is 0.184 e. The first-order valence-electron chi connectivity index (χ1n) is 3.80. The highest BCUT2D eigenvalue weighted by molar-refractivity contribution is 6.69. The van der Waals surface area contributed by atoms with Gasteiger partial charge in [0.15, 0.2) is 8.32 Å². The van der Waals surface area contributed by atoms with E-state index in [9.17, 15) is 0 Å². The fourth-order valence-electron chi connectivity index (χ4n) is 0.752. The number of rotatable bonds is 4. The molecule has 0 aliphatic heterocycles. The molecule has 0 radical (unpaired) electrons. The van der Waals surface area contributed by atoms with Crippen molar-refractivity contribution in [3.8, 4) is 0 Å². The predicted octanol–water partition coefficient (Wildman–Crippen LogP) is 2.80. The van der Waals surface area contributed by atoms with Gasteiger partial charge in [0.1, 0.15) is 0 Å². The van der Waals surface area contributed by atoms with E-state index in [-0.39, 0.29) is 6.10 Å². The van der Waals surface area contributed by atoms with Crippen LogP contribution in [-0.2, 0) is 4.43 Å². The van der Waals surface area contributed by atoms with Crippen molar-refractivity contribution >= 4 is 8.32 Å². The van der Waals surface area contributed by atoms with Gasteiger partial charge in [-0.1, -0.05) is 13.0 Å². The Bertz CT molecular complexity index is 104. The molecule has 0 spiro atoms. The summed E-state index contributed by atoms with van der Waals surface area (Å²) >= 11 is 0. The Morgan fingerprint density at radius 2 is 2.00 bits per heavy atom. The van der Waals surface area contributed by atoms with Crippen molar-refractivity contribution in [2.75, 3.05) is 0 Å². The van der Waals surface area contributed by atoms with Crippen LogP contribution in [0.25, 0.3) is 0 Å². The molecule has 1 atom stereocenters. The van der Waals surface area contributed by atoms with Gasteiger partial charge < -0.3 is 4.43 Å². The molecule has 0 heterocycles. The largest absolute Gasteiger partial charge is 0.411 e. The SMILES string of the molecule is C=CC(CC)O[Si](C)(C)C. The van der Waals surface area contributed by atoms with Gasteiger partial charge in [0.2, 0.25) is 0 Å². The average molecular weight is 158 g/mol. The van der Waals surface area contributed by atoms with E-state index in [1.165, 1.54) is 0 Å². The molecule has 0 aromatic rings. The zero-order valence-corrected chi connectivity index (χ0v) is 8.48. The van der Waals surface area contributed by atoms with Gasteiger partial charge in [-0.15, -0.1) is 6.58 Å². The zero-order chi connectivity index (χ0) is 8.20. The summed E-state index contributed by atoms with van der Waals surface area (Å²) in [6, 6.07) is 0. The lowest BCUT2D eigenvalue weighted by molar-refractivity contribution is 0.238. The molecule has 0 aliphatic rings. The fraction of sp³-hybridized carbons (Fsp3) is 0.750. The Labute approximate surface area is 65.2 Å². The zero-order valence-electron chi connectivity index (χ0n) is 7.48. The minimum absolute atomic E-state index is 0.270. The Morgan fingerprint density at radius 1 is 1.50 bits per heavy atom. The topological polar surface area (TPSA) is 9.23 Å². The van der Waals surface area contributed by atoms with Crippen molar-refractivity contribution in [3.63, 3.8) is 0 Å². The van der Waals surface area contributed by atoms with Crippen LogP contribution in [0.2, 0.25) is 19.6 Å². The summed E-state index contributed by atoms with van der Waals surface area (Å²) in [5.74, 6) is 0. The fourth-order valence-corrected chi connectivity index (χ4v) is 1.92. The minimum Gasteiger partial charge on any atom is -0.411 e. The van der Waals surface area contributed by atoms with E-state index >= 15 is 0 Å². The van der Waals surface area contributed by atoms with Crippen molar-refractivity contribution in [1.82, 2.24) is 0 Å². The lowest BCUT2D eigenvalue weighted by Gasteiger charge is -2.22. The van der Waals surface area contributed by atoms with Gasteiger partial charge in [-0.3, -0.25) is 0 Å². The second kappa shape index (κ2) is 3.94. The molecule has 0 aliphatic carbocycles. The third-order valence-corrected chi connectivity index (χ3v) is 2.18. The Balaban J connectivity index is 3.74. The molecule has 0 aromatic carbocycles. The molecule has 0 bridgehead atoms. The molecule has 1 unspecified atom stereocenters. The highest BCUT2D eigenvalue weighted by atomic mass is 28.4. The molecule has 0 amide bonds. The lowest BCUT2D eigenvalue weighted by Crippen LogP contribution is -2.30. The summed E-state index contributed by atoms with van der Waals surface area (Å²) in [7, 11) is -1.33. The molecule has 0 fully saturated rings. The van der Waals surface area contributed by atoms with E-state index in [0.29, 0.717) is 0 Å². The summed E-state index contributed by atoms with van der Waals surface area (Å²) in [5, 5.41) is 0.